The molecule has 0 radical (unpaired) electrons. The highest BCUT2D eigenvalue weighted by molar-refractivity contribution is 5.95. The van der Waals surface area contributed by atoms with Crippen molar-refractivity contribution < 1.29 is 4.79 Å². The van der Waals surface area contributed by atoms with Gasteiger partial charge in [-0.05, 0) is 12.1 Å². The zero-order valence-corrected chi connectivity index (χ0v) is 9.85. The molecule has 7 nitrogen and oxygen atoms in total. The van der Waals surface area contributed by atoms with Crippen LogP contribution in [0.3, 0.4) is 0 Å². The number of aromatic nitrogens is 3. The first-order chi connectivity index (χ1) is 9.22. The number of hydrogen-bond donors (Lipinski definition) is 0. The third kappa shape index (κ3) is 1.62. The summed E-state index contributed by atoms with van der Waals surface area (Å²) in [5, 5.41) is 12.6. The lowest BCUT2D eigenvalue weighted by Gasteiger charge is -2.14. The van der Waals surface area contributed by atoms with Crippen LogP contribution in [-0.4, -0.2) is 20.4 Å². The van der Waals surface area contributed by atoms with Crippen LogP contribution in [0.25, 0.3) is 0 Å². The van der Waals surface area contributed by atoms with Crippen molar-refractivity contribution >= 4 is 11.7 Å². The normalized spacial score (nSPS) is 13.4. The summed E-state index contributed by atoms with van der Waals surface area (Å²) >= 11 is 0. The van der Waals surface area contributed by atoms with Gasteiger partial charge in [0.2, 0.25) is 0 Å². The van der Waals surface area contributed by atoms with Crippen LogP contribution < -0.4 is 10.6 Å². The second-order valence-electron chi connectivity index (χ2n) is 4.05. The summed E-state index contributed by atoms with van der Waals surface area (Å²) in [6.45, 7) is 0.0773. The maximum atomic E-state index is 12.2. The lowest BCUT2D eigenvalue weighted by Crippen LogP contribution is -2.34. The van der Waals surface area contributed by atoms with Gasteiger partial charge in [-0.3, -0.25) is 4.90 Å². The first kappa shape index (κ1) is 11.2. The number of amides is 1. The lowest BCUT2D eigenvalue weighted by atomic mass is 10.3. The van der Waals surface area contributed by atoms with E-state index in [0.717, 1.165) is 9.25 Å². The van der Waals surface area contributed by atoms with E-state index in [0.29, 0.717) is 11.5 Å². The molecule has 94 valence electrons. The molecule has 0 saturated carbocycles. The summed E-state index contributed by atoms with van der Waals surface area (Å²) in [6, 6.07) is 10.5. The molecule has 3 rings (SSSR count). The Morgan fingerprint density at radius 1 is 1.26 bits per heavy atom. The van der Waals surface area contributed by atoms with E-state index in [1.165, 1.54) is 4.90 Å². The summed E-state index contributed by atoms with van der Waals surface area (Å²) in [5.74, 6) is 0.356. The Hall–Kier alpha value is -2.88. The fourth-order valence-corrected chi connectivity index (χ4v) is 2.06. The van der Waals surface area contributed by atoms with Crippen LogP contribution in [0.15, 0.2) is 35.1 Å². The second kappa shape index (κ2) is 4.10. The quantitative estimate of drug-likeness (QED) is 0.784. The zero-order valence-electron chi connectivity index (χ0n) is 9.85. The molecule has 1 aliphatic heterocycles. The minimum atomic E-state index is -0.569. The van der Waals surface area contributed by atoms with Gasteiger partial charge in [-0.15, -0.1) is 0 Å². The molecule has 0 atom stereocenters. The number of hydrogen-bond acceptors (Lipinski definition) is 4. The molecule has 1 aromatic carbocycles. The molecular formula is C12H9N5O2. The smallest absolute Gasteiger partial charge is 0.286 e. The minimum Gasteiger partial charge on any atom is -0.286 e. The van der Waals surface area contributed by atoms with E-state index in [-0.39, 0.29) is 13.1 Å². The van der Waals surface area contributed by atoms with Gasteiger partial charge in [-0.2, -0.15) is 19.6 Å². The average molecular weight is 255 g/mol. The van der Waals surface area contributed by atoms with Crippen molar-refractivity contribution in [3.05, 3.63) is 46.6 Å². The number of fused-ring (bicyclic) bond motifs is 1. The van der Waals surface area contributed by atoms with Gasteiger partial charge in [0, 0.05) is 5.69 Å². The van der Waals surface area contributed by atoms with Crippen LogP contribution in [0, 0.1) is 11.3 Å². The number of anilines is 1. The van der Waals surface area contributed by atoms with Crippen LogP contribution in [0.4, 0.5) is 10.5 Å². The van der Waals surface area contributed by atoms with Gasteiger partial charge in [0.25, 0.3) is 0 Å². The molecular weight excluding hydrogens is 246 g/mol. The first-order valence-corrected chi connectivity index (χ1v) is 5.65. The average Bonchev–Trinajstić information content (AvgIpc) is 2.90. The largest absolute Gasteiger partial charge is 0.355 e. The summed E-state index contributed by atoms with van der Waals surface area (Å²) in [6.07, 6.45) is 0. The zero-order chi connectivity index (χ0) is 13.4. The molecule has 2 aromatic rings. The molecule has 0 fully saturated rings. The minimum absolute atomic E-state index is 0.155. The molecule has 0 aliphatic carbocycles. The van der Waals surface area contributed by atoms with Gasteiger partial charge in [0.1, 0.15) is 6.54 Å². The van der Waals surface area contributed by atoms with Crippen LogP contribution in [0.1, 0.15) is 5.82 Å². The van der Waals surface area contributed by atoms with E-state index in [1.807, 2.05) is 24.3 Å². The lowest BCUT2D eigenvalue weighted by molar-refractivity contribution is 0.250. The Bertz CT molecular complexity index is 738. The van der Waals surface area contributed by atoms with E-state index in [9.17, 15) is 9.59 Å². The molecule has 0 unspecified atom stereocenters. The molecule has 1 amide bonds. The maximum absolute atomic E-state index is 12.2. The monoisotopic (exact) mass is 255 g/mol. The Kier molecular flexibility index (Phi) is 2.42. The van der Waals surface area contributed by atoms with Gasteiger partial charge in [0.05, 0.1) is 12.6 Å². The van der Waals surface area contributed by atoms with E-state index in [4.69, 9.17) is 5.26 Å². The third-order valence-electron chi connectivity index (χ3n) is 2.92. The number of carbonyl (C=O) groups excluding carboxylic acids is 1. The van der Waals surface area contributed by atoms with Crippen molar-refractivity contribution in [3.63, 3.8) is 0 Å². The van der Waals surface area contributed by atoms with E-state index < -0.39 is 11.7 Å². The summed E-state index contributed by atoms with van der Waals surface area (Å²) in [4.78, 5) is 25.6. The summed E-state index contributed by atoms with van der Waals surface area (Å²) in [7, 11) is 0. The van der Waals surface area contributed by atoms with Crippen molar-refractivity contribution in [2.24, 2.45) is 0 Å². The van der Waals surface area contributed by atoms with Gasteiger partial charge in [-0.25, -0.2) is 9.59 Å². The van der Waals surface area contributed by atoms with Gasteiger partial charge < -0.3 is 0 Å². The van der Waals surface area contributed by atoms with E-state index in [2.05, 4.69) is 5.10 Å². The molecule has 0 saturated heterocycles. The number of para-hydroxylation sites is 1. The SMILES string of the molecule is N#CCn1nc2n(c1=O)C(=O)N(c1ccccc1)C2. The van der Waals surface area contributed by atoms with E-state index >= 15 is 0 Å². The standard InChI is InChI=1S/C12H9N5O2/c13-6-7-16-12(19)17-10(14-16)8-15(11(17)18)9-4-2-1-3-5-9/h1-5H,7-8H2. The summed E-state index contributed by atoms with van der Waals surface area (Å²) in [5.41, 5.74) is 0.143. The van der Waals surface area contributed by atoms with Gasteiger partial charge in [-0.1, -0.05) is 18.2 Å². The van der Waals surface area contributed by atoms with Crippen molar-refractivity contribution in [2.75, 3.05) is 4.90 Å². The van der Waals surface area contributed by atoms with Gasteiger partial charge in [0.15, 0.2) is 5.82 Å². The highest BCUT2D eigenvalue weighted by atomic mass is 16.2. The molecule has 0 bridgehead atoms. The predicted octanol–water partition coefficient (Wildman–Crippen LogP) is 0.557. The molecule has 7 heteroatoms. The molecule has 0 spiro atoms. The molecule has 2 heterocycles. The number of nitriles is 1. The molecule has 19 heavy (non-hydrogen) atoms. The van der Waals surface area contributed by atoms with Gasteiger partial charge >= 0.3 is 11.7 Å². The van der Waals surface area contributed by atoms with E-state index in [1.54, 1.807) is 12.1 Å². The summed E-state index contributed by atoms with van der Waals surface area (Å²) < 4.78 is 2.00. The first-order valence-electron chi connectivity index (χ1n) is 5.65. The topological polar surface area (TPSA) is 83.9 Å². The highest BCUT2D eigenvalue weighted by Gasteiger charge is 2.33. The Balaban J connectivity index is 2.01. The highest BCUT2D eigenvalue weighted by Crippen LogP contribution is 2.21. The second-order valence-corrected chi connectivity index (χ2v) is 4.05. The van der Waals surface area contributed by atoms with Crippen LogP contribution >= 0.6 is 0 Å². The fraction of sp³-hybridized carbons (Fsp3) is 0.167. The number of benzene rings is 1. The maximum Gasteiger partial charge on any atom is 0.355 e. The molecule has 0 N–H and O–H groups in total. The van der Waals surface area contributed by atoms with Crippen molar-refractivity contribution in [2.45, 2.75) is 13.1 Å². The van der Waals surface area contributed by atoms with Crippen LogP contribution in [0.5, 0.6) is 0 Å². The van der Waals surface area contributed by atoms with Crippen molar-refractivity contribution in [3.8, 4) is 6.07 Å². The van der Waals surface area contributed by atoms with Crippen molar-refractivity contribution in [1.82, 2.24) is 14.3 Å². The fourth-order valence-electron chi connectivity index (χ4n) is 2.06. The Labute approximate surface area is 107 Å². The van der Waals surface area contributed by atoms with Crippen LogP contribution in [0.2, 0.25) is 0 Å². The molecule has 1 aromatic heterocycles. The number of nitrogens with zero attached hydrogens (tertiary/aromatic N) is 5. The van der Waals surface area contributed by atoms with Crippen molar-refractivity contribution in [1.29, 1.82) is 5.26 Å². The van der Waals surface area contributed by atoms with Crippen LogP contribution in [-0.2, 0) is 13.1 Å². The Morgan fingerprint density at radius 3 is 2.63 bits per heavy atom. The third-order valence-corrected chi connectivity index (χ3v) is 2.92. The number of rotatable bonds is 2. The number of carbonyl (C=O) groups is 1. The Morgan fingerprint density at radius 2 is 2.00 bits per heavy atom. The molecule has 1 aliphatic rings. The predicted molar refractivity (Wildman–Crippen MR) is 65.5 cm³/mol.